The number of nitrogens with zero attached hydrogens (tertiary/aromatic N) is 3. The number of aliphatic hydroxyl groups is 1. The van der Waals surface area contributed by atoms with E-state index in [-0.39, 0.29) is 5.69 Å². The van der Waals surface area contributed by atoms with Gasteiger partial charge in [0.2, 0.25) is 5.89 Å². The van der Waals surface area contributed by atoms with Gasteiger partial charge in [0.1, 0.15) is 5.52 Å². The van der Waals surface area contributed by atoms with Gasteiger partial charge < -0.3 is 9.52 Å². The lowest BCUT2D eigenvalue weighted by molar-refractivity contribution is -0.384. The van der Waals surface area contributed by atoms with Crippen molar-refractivity contribution >= 4 is 16.8 Å². The van der Waals surface area contributed by atoms with Gasteiger partial charge in [0.05, 0.1) is 17.1 Å². The molecule has 2 aliphatic rings. The number of non-ortho nitro benzene ring substituents is 1. The highest BCUT2D eigenvalue weighted by Crippen LogP contribution is 2.40. The summed E-state index contributed by atoms with van der Waals surface area (Å²) in [6.45, 7) is 2.26. The van der Waals surface area contributed by atoms with Crippen LogP contribution in [0.5, 0.6) is 0 Å². The maximum absolute atomic E-state index is 10.8. The summed E-state index contributed by atoms with van der Waals surface area (Å²) in [7, 11) is 0. The molecule has 1 aliphatic carbocycles. The first-order valence-electron chi connectivity index (χ1n) is 8.52. The Hall–Kier alpha value is -1.99. The molecular weight excluding hydrogens is 310 g/mol. The van der Waals surface area contributed by atoms with Crippen LogP contribution in [0.3, 0.4) is 0 Å². The summed E-state index contributed by atoms with van der Waals surface area (Å²) in [5.41, 5.74) is 0.621. The van der Waals surface area contributed by atoms with E-state index in [9.17, 15) is 15.2 Å². The minimum Gasteiger partial charge on any atom is -0.439 e. The SMILES string of the molecule is O=[N+]([O-])c1ccc2oc(CN3CC[C@@]4(O)CCCC[C@@H]4C3)nc2c1. The number of aromatic nitrogens is 1. The van der Waals surface area contributed by atoms with Crippen LogP contribution in [0.15, 0.2) is 22.6 Å². The molecular formula is C17H21N3O4. The van der Waals surface area contributed by atoms with Gasteiger partial charge in [-0.3, -0.25) is 15.0 Å². The Morgan fingerprint density at radius 3 is 3.12 bits per heavy atom. The van der Waals surface area contributed by atoms with Crippen LogP contribution in [0, 0.1) is 16.0 Å². The molecule has 1 saturated carbocycles. The van der Waals surface area contributed by atoms with Crippen LogP contribution in [0.2, 0.25) is 0 Å². The van der Waals surface area contributed by atoms with Gasteiger partial charge in [-0.15, -0.1) is 0 Å². The fourth-order valence-corrected chi connectivity index (χ4v) is 4.12. The summed E-state index contributed by atoms with van der Waals surface area (Å²) < 4.78 is 5.73. The van der Waals surface area contributed by atoms with Gasteiger partial charge in [-0.2, -0.15) is 0 Å². The predicted molar refractivity (Wildman–Crippen MR) is 87.5 cm³/mol. The Kier molecular flexibility index (Phi) is 3.77. The topological polar surface area (TPSA) is 92.6 Å². The van der Waals surface area contributed by atoms with Crippen molar-refractivity contribution in [2.75, 3.05) is 13.1 Å². The quantitative estimate of drug-likeness (QED) is 0.687. The van der Waals surface area contributed by atoms with Crippen molar-refractivity contribution in [2.24, 2.45) is 5.92 Å². The monoisotopic (exact) mass is 331 g/mol. The number of benzene rings is 1. The number of oxazole rings is 1. The molecule has 7 heteroatoms. The van der Waals surface area contributed by atoms with Gasteiger partial charge in [0.15, 0.2) is 5.58 Å². The van der Waals surface area contributed by atoms with Crippen LogP contribution >= 0.6 is 0 Å². The highest BCUT2D eigenvalue weighted by molar-refractivity contribution is 5.75. The molecule has 24 heavy (non-hydrogen) atoms. The molecule has 2 atom stereocenters. The van der Waals surface area contributed by atoms with Gasteiger partial charge >= 0.3 is 0 Å². The molecule has 0 amide bonds. The first kappa shape index (κ1) is 15.5. The summed E-state index contributed by atoms with van der Waals surface area (Å²) in [5, 5.41) is 21.6. The molecule has 7 nitrogen and oxygen atoms in total. The van der Waals surface area contributed by atoms with E-state index in [0.717, 1.165) is 38.8 Å². The first-order chi connectivity index (χ1) is 11.5. The highest BCUT2D eigenvalue weighted by atomic mass is 16.6. The maximum Gasteiger partial charge on any atom is 0.271 e. The number of piperidine rings is 1. The number of hydrogen-bond acceptors (Lipinski definition) is 6. The molecule has 1 aromatic carbocycles. The van der Waals surface area contributed by atoms with E-state index in [1.54, 1.807) is 6.07 Å². The van der Waals surface area contributed by atoms with Crippen molar-refractivity contribution in [2.45, 2.75) is 44.2 Å². The Balaban J connectivity index is 1.49. The van der Waals surface area contributed by atoms with Crippen LogP contribution in [0.4, 0.5) is 5.69 Å². The zero-order valence-corrected chi connectivity index (χ0v) is 13.5. The summed E-state index contributed by atoms with van der Waals surface area (Å²) in [6.07, 6.45) is 5.10. The molecule has 128 valence electrons. The maximum atomic E-state index is 10.8. The predicted octanol–water partition coefficient (Wildman–Crippen LogP) is 2.86. The van der Waals surface area contributed by atoms with E-state index in [4.69, 9.17) is 4.42 Å². The van der Waals surface area contributed by atoms with Crippen LogP contribution < -0.4 is 0 Å². The van der Waals surface area contributed by atoms with Crippen molar-refractivity contribution in [3.63, 3.8) is 0 Å². The number of nitro benzene ring substituents is 1. The molecule has 2 fully saturated rings. The van der Waals surface area contributed by atoms with E-state index in [0.29, 0.717) is 29.5 Å². The second-order valence-electron chi connectivity index (χ2n) is 7.05. The molecule has 1 aromatic heterocycles. The Morgan fingerprint density at radius 1 is 1.42 bits per heavy atom. The van der Waals surface area contributed by atoms with Crippen LogP contribution in [0.25, 0.3) is 11.1 Å². The molecule has 2 aromatic rings. The van der Waals surface area contributed by atoms with Gasteiger partial charge in [-0.05, 0) is 25.3 Å². The molecule has 1 aliphatic heterocycles. The van der Waals surface area contributed by atoms with E-state index in [1.807, 2.05) is 0 Å². The first-order valence-corrected chi connectivity index (χ1v) is 8.52. The second kappa shape index (κ2) is 5.82. The average Bonchev–Trinajstić information content (AvgIpc) is 2.96. The van der Waals surface area contributed by atoms with Crippen LogP contribution in [-0.4, -0.2) is 38.6 Å². The minimum atomic E-state index is -0.489. The number of fused-ring (bicyclic) bond motifs is 2. The third-order valence-electron chi connectivity index (χ3n) is 5.50. The largest absolute Gasteiger partial charge is 0.439 e. The second-order valence-corrected chi connectivity index (χ2v) is 7.05. The van der Waals surface area contributed by atoms with Crippen molar-refractivity contribution in [1.29, 1.82) is 0 Å². The zero-order chi connectivity index (χ0) is 16.7. The Labute approximate surface area is 139 Å². The molecule has 2 heterocycles. The number of rotatable bonds is 3. The lowest BCUT2D eigenvalue weighted by Crippen LogP contribution is -2.52. The zero-order valence-electron chi connectivity index (χ0n) is 13.5. The summed E-state index contributed by atoms with van der Waals surface area (Å²) in [5.74, 6) is 0.900. The van der Waals surface area contributed by atoms with E-state index >= 15 is 0 Å². The summed E-state index contributed by atoms with van der Waals surface area (Å²) in [4.78, 5) is 17.1. The Morgan fingerprint density at radius 2 is 2.29 bits per heavy atom. The summed E-state index contributed by atoms with van der Waals surface area (Å²) in [6, 6.07) is 4.47. The molecule has 4 rings (SSSR count). The third-order valence-corrected chi connectivity index (χ3v) is 5.50. The highest BCUT2D eigenvalue weighted by Gasteiger charge is 2.42. The molecule has 1 N–H and O–H groups in total. The van der Waals surface area contributed by atoms with Gasteiger partial charge in [0.25, 0.3) is 5.69 Å². The van der Waals surface area contributed by atoms with Crippen LogP contribution in [0.1, 0.15) is 38.0 Å². The lowest BCUT2D eigenvalue weighted by Gasteiger charge is -2.47. The lowest BCUT2D eigenvalue weighted by atomic mass is 9.71. The molecule has 0 spiro atoms. The van der Waals surface area contributed by atoms with Crippen molar-refractivity contribution in [1.82, 2.24) is 9.88 Å². The van der Waals surface area contributed by atoms with Gasteiger partial charge in [-0.1, -0.05) is 12.8 Å². The number of hydrogen-bond donors (Lipinski definition) is 1. The normalized spacial score (nSPS) is 28.0. The fraction of sp³-hybridized carbons (Fsp3) is 0.588. The van der Waals surface area contributed by atoms with Gasteiger partial charge in [-0.25, -0.2) is 4.98 Å². The molecule has 0 bridgehead atoms. The fourth-order valence-electron chi connectivity index (χ4n) is 4.12. The third kappa shape index (κ3) is 2.78. The van der Waals surface area contributed by atoms with E-state index in [2.05, 4.69) is 9.88 Å². The van der Waals surface area contributed by atoms with E-state index < -0.39 is 10.5 Å². The molecule has 0 unspecified atom stereocenters. The average molecular weight is 331 g/mol. The van der Waals surface area contributed by atoms with E-state index in [1.165, 1.54) is 18.6 Å². The minimum absolute atomic E-state index is 0.0209. The summed E-state index contributed by atoms with van der Waals surface area (Å²) >= 11 is 0. The number of likely N-dealkylation sites (tertiary alicyclic amines) is 1. The smallest absolute Gasteiger partial charge is 0.271 e. The van der Waals surface area contributed by atoms with Crippen LogP contribution in [-0.2, 0) is 6.54 Å². The standard InChI is InChI=1S/C17H21N3O4/c21-17-6-2-1-3-12(17)10-19(8-7-17)11-16-18-14-9-13(20(22)23)4-5-15(14)24-16/h4-5,9,12,21H,1-3,6-8,10-11H2/t12-,17+/m1/s1. The number of nitro groups is 1. The van der Waals surface area contributed by atoms with Crippen molar-refractivity contribution in [3.05, 3.63) is 34.2 Å². The van der Waals surface area contributed by atoms with Crippen molar-refractivity contribution < 1.29 is 14.4 Å². The Bertz CT molecular complexity index is 774. The van der Waals surface area contributed by atoms with Crippen molar-refractivity contribution in [3.8, 4) is 0 Å². The molecule has 0 radical (unpaired) electrons. The molecule has 1 saturated heterocycles. The van der Waals surface area contributed by atoms with Gasteiger partial charge in [0, 0.05) is 31.1 Å².